The SMILES string of the molecule is CCc1nc(CCNC(=NC)NCC2CCN(S(=O)(=O)C(F)(F)F)CC2)cs1.I. The first-order valence-electron chi connectivity index (χ1n) is 9.11. The summed E-state index contributed by atoms with van der Waals surface area (Å²) in [6.07, 6.45) is 2.44. The van der Waals surface area contributed by atoms with Crippen molar-refractivity contribution in [3.05, 3.63) is 16.1 Å². The molecule has 2 N–H and O–H groups in total. The van der Waals surface area contributed by atoms with Crippen molar-refractivity contribution in [1.82, 2.24) is 19.9 Å². The van der Waals surface area contributed by atoms with E-state index in [0.29, 0.717) is 36.2 Å². The standard InChI is InChI=1S/C16H26F3N5O2S2.HI/c1-3-14-23-13(11-27-14)4-7-21-15(20-2)22-10-12-5-8-24(9-6-12)28(25,26)16(17,18)19;/h11-12H,3-10H2,1-2H3,(H2,20,21,22);1H. The average Bonchev–Trinajstić information content (AvgIpc) is 3.12. The first-order valence-corrected chi connectivity index (χ1v) is 11.4. The summed E-state index contributed by atoms with van der Waals surface area (Å²) in [6, 6.07) is 0. The van der Waals surface area contributed by atoms with Crippen LogP contribution in [-0.4, -0.2) is 62.4 Å². The maximum absolute atomic E-state index is 12.6. The maximum atomic E-state index is 12.6. The Balaban J connectivity index is 0.00000420. The van der Waals surface area contributed by atoms with Crippen molar-refractivity contribution in [2.45, 2.75) is 38.1 Å². The lowest BCUT2D eigenvalue weighted by Crippen LogP contribution is -2.47. The minimum Gasteiger partial charge on any atom is -0.356 e. The number of halogens is 4. The van der Waals surface area contributed by atoms with Gasteiger partial charge in [0.05, 0.1) is 10.7 Å². The molecule has 7 nitrogen and oxygen atoms in total. The van der Waals surface area contributed by atoms with Gasteiger partial charge in [-0.1, -0.05) is 6.92 Å². The molecule has 0 atom stereocenters. The fourth-order valence-electron chi connectivity index (χ4n) is 2.90. The van der Waals surface area contributed by atoms with Crippen molar-refractivity contribution in [2.75, 3.05) is 33.2 Å². The van der Waals surface area contributed by atoms with Gasteiger partial charge < -0.3 is 10.6 Å². The number of nitrogens with one attached hydrogen (secondary N) is 2. The number of alkyl halides is 3. The van der Waals surface area contributed by atoms with Gasteiger partial charge in [0.2, 0.25) is 0 Å². The molecule has 1 aromatic heterocycles. The zero-order valence-electron chi connectivity index (χ0n) is 16.3. The Kier molecular flexibility index (Phi) is 10.6. The number of nitrogens with zero attached hydrogens (tertiary/aromatic N) is 3. The number of aryl methyl sites for hydroxylation is 1. The summed E-state index contributed by atoms with van der Waals surface area (Å²) in [5, 5.41) is 9.49. The number of rotatable bonds is 7. The number of hydrogen-bond acceptors (Lipinski definition) is 5. The fourth-order valence-corrected chi connectivity index (χ4v) is 4.66. The molecule has 0 spiro atoms. The molecule has 0 radical (unpaired) electrons. The summed E-state index contributed by atoms with van der Waals surface area (Å²) < 4.78 is 61.2. The quantitative estimate of drug-likeness (QED) is 0.300. The van der Waals surface area contributed by atoms with Crippen molar-refractivity contribution in [2.24, 2.45) is 10.9 Å². The van der Waals surface area contributed by atoms with E-state index in [1.807, 2.05) is 5.38 Å². The third kappa shape index (κ3) is 7.51. The molecule has 1 aromatic rings. The third-order valence-corrected chi connectivity index (χ3v) is 7.23. The van der Waals surface area contributed by atoms with E-state index in [9.17, 15) is 21.6 Å². The molecule has 1 aliphatic rings. The summed E-state index contributed by atoms with van der Waals surface area (Å²) >= 11 is 1.64. The normalized spacial score (nSPS) is 17.1. The van der Waals surface area contributed by atoms with Crippen LogP contribution in [0.1, 0.15) is 30.5 Å². The number of piperidine rings is 1. The van der Waals surface area contributed by atoms with E-state index in [1.54, 1.807) is 18.4 Å². The van der Waals surface area contributed by atoms with Gasteiger partial charge in [0.1, 0.15) is 0 Å². The number of aromatic nitrogens is 1. The predicted octanol–water partition coefficient (Wildman–Crippen LogP) is 2.59. The van der Waals surface area contributed by atoms with Gasteiger partial charge in [-0.3, -0.25) is 4.99 Å². The lowest BCUT2D eigenvalue weighted by Gasteiger charge is -2.31. The molecule has 29 heavy (non-hydrogen) atoms. The van der Waals surface area contributed by atoms with Gasteiger partial charge >= 0.3 is 15.5 Å². The van der Waals surface area contributed by atoms with Crippen LogP contribution in [0.15, 0.2) is 10.4 Å². The number of guanidine groups is 1. The minimum atomic E-state index is -5.24. The lowest BCUT2D eigenvalue weighted by molar-refractivity contribution is -0.0496. The van der Waals surface area contributed by atoms with Crippen LogP contribution in [0.2, 0.25) is 0 Å². The topological polar surface area (TPSA) is 86.7 Å². The number of hydrogen-bond donors (Lipinski definition) is 2. The second-order valence-corrected chi connectivity index (χ2v) is 9.38. The van der Waals surface area contributed by atoms with E-state index < -0.39 is 15.5 Å². The smallest absolute Gasteiger partial charge is 0.356 e. The summed E-state index contributed by atoms with van der Waals surface area (Å²) in [5.41, 5.74) is -4.21. The molecule has 2 heterocycles. The first kappa shape index (κ1) is 26.4. The van der Waals surface area contributed by atoms with Crippen LogP contribution < -0.4 is 10.6 Å². The molecular formula is C16H27F3IN5O2S2. The van der Waals surface area contributed by atoms with Gasteiger partial charge in [-0.05, 0) is 25.2 Å². The highest BCUT2D eigenvalue weighted by Crippen LogP contribution is 2.30. The second kappa shape index (κ2) is 11.6. The van der Waals surface area contributed by atoms with E-state index in [1.165, 1.54) is 0 Å². The van der Waals surface area contributed by atoms with Crippen LogP contribution in [0, 0.1) is 5.92 Å². The van der Waals surface area contributed by atoms with E-state index in [2.05, 4.69) is 27.5 Å². The molecule has 0 amide bonds. The zero-order valence-corrected chi connectivity index (χ0v) is 20.3. The van der Waals surface area contributed by atoms with Crippen LogP contribution in [-0.2, 0) is 22.9 Å². The first-order chi connectivity index (χ1) is 13.2. The van der Waals surface area contributed by atoms with Crippen LogP contribution >= 0.6 is 35.3 Å². The van der Waals surface area contributed by atoms with Crippen LogP contribution in [0.3, 0.4) is 0 Å². The molecular weight excluding hydrogens is 542 g/mol. The van der Waals surface area contributed by atoms with Gasteiger partial charge in [0.25, 0.3) is 0 Å². The summed E-state index contributed by atoms with van der Waals surface area (Å²) in [6.45, 7) is 3.01. The molecule has 0 aromatic carbocycles. The molecule has 0 bridgehead atoms. The number of aliphatic imine (C=N–C) groups is 1. The minimum absolute atomic E-state index is 0. The van der Waals surface area contributed by atoms with Gasteiger partial charge in [0.15, 0.2) is 5.96 Å². The highest BCUT2D eigenvalue weighted by Gasteiger charge is 2.50. The molecule has 2 rings (SSSR count). The van der Waals surface area contributed by atoms with Crippen LogP contribution in [0.5, 0.6) is 0 Å². The van der Waals surface area contributed by atoms with E-state index >= 15 is 0 Å². The van der Waals surface area contributed by atoms with E-state index in [4.69, 9.17) is 0 Å². The molecule has 0 saturated carbocycles. The largest absolute Gasteiger partial charge is 0.511 e. The van der Waals surface area contributed by atoms with Crippen molar-refractivity contribution in [3.8, 4) is 0 Å². The fraction of sp³-hybridized carbons (Fsp3) is 0.750. The molecule has 1 saturated heterocycles. The van der Waals surface area contributed by atoms with E-state index in [0.717, 1.165) is 23.5 Å². The summed E-state index contributed by atoms with van der Waals surface area (Å²) in [4.78, 5) is 8.63. The van der Waals surface area contributed by atoms with Crippen molar-refractivity contribution >= 4 is 51.3 Å². The summed E-state index contributed by atoms with van der Waals surface area (Å²) in [5.74, 6) is 0.695. The second-order valence-electron chi connectivity index (χ2n) is 6.51. The monoisotopic (exact) mass is 569 g/mol. The molecule has 1 aliphatic heterocycles. The van der Waals surface area contributed by atoms with Crippen molar-refractivity contribution in [3.63, 3.8) is 0 Å². The molecule has 168 valence electrons. The molecule has 1 fully saturated rings. The van der Waals surface area contributed by atoms with Crippen LogP contribution in [0.4, 0.5) is 13.2 Å². The Labute approximate surface area is 190 Å². The van der Waals surface area contributed by atoms with E-state index in [-0.39, 0.29) is 43.0 Å². The molecule has 0 unspecified atom stereocenters. The Morgan fingerprint density at radius 1 is 1.34 bits per heavy atom. The Hall–Kier alpha value is -0.670. The Morgan fingerprint density at radius 3 is 2.52 bits per heavy atom. The Morgan fingerprint density at radius 2 is 2.00 bits per heavy atom. The van der Waals surface area contributed by atoms with Crippen molar-refractivity contribution < 1.29 is 21.6 Å². The molecule has 13 heteroatoms. The van der Waals surface area contributed by atoms with Gasteiger partial charge in [-0.25, -0.2) is 13.4 Å². The van der Waals surface area contributed by atoms with Gasteiger partial charge in [0, 0.05) is 45.0 Å². The number of sulfonamides is 1. The lowest BCUT2D eigenvalue weighted by atomic mass is 9.98. The third-order valence-electron chi connectivity index (χ3n) is 4.56. The molecule has 0 aliphatic carbocycles. The van der Waals surface area contributed by atoms with Gasteiger partial charge in [-0.15, -0.1) is 35.3 Å². The highest BCUT2D eigenvalue weighted by molar-refractivity contribution is 14.0. The zero-order chi connectivity index (χ0) is 20.8. The summed E-state index contributed by atoms with van der Waals surface area (Å²) in [7, 11) is -3.58. The number of thiazole rings is 1. The van der Waals surface area contributed by atoms with Crippen LogP contribution in [0.25, 0.3) is 0 Å². The maximum Gasteiger partial charge on any atom is 0.511 e. The highest BCUT2D eigenvalue weighted by atomic mass is 127. The Bertz CT molecular complexity index is 763. The van der Waals surface area contributed by atoms with Gasteiger partial charge in [-0.2, -0.15) is 17.5 Å². The predicted molar refractivity (Wildman–Crippen MR) is 119 cm³/mol. The van der Waals surface area contributed by atoms with Crippen molar-refractivity contribution in [1.29, 1.82) is 0 Å². The average molecular weight is 569 g/mol.